The molecule has 2 rings (SSSR count). The SMILES string of the molecule is CN(C)C(=O)COc1ccccc1CN1CCCC(O)(CC(N)=O)C1. The maximum atomic E-state index is 11.7. The summed E-state index contributed by atoms with van der Waals surface area (Å²) in [6, 6.07) is 7.54. The van der Waals surface area contributed by atoms with Crippen LogP contribution < -0.4 is 10.5 Å². The summed E-state index contributed by atoms with van der Waals surface area (Å²) in [6.07, 6.45) is 1.34. The van der Waals surface area contributed by atoms with Crippen molar-refractivity contribution in [2.24, 2.45) is 5.73 Å². The van der Waals surface area contributed by atoms with Crippen LogP contribution in [0.3, 0.4) is 0 Å². The largest absolute Gasteiger partial charge is 0.483 e. The highest BCUT2D eigenvalue weighted by atomic mass is 16.5. The third kappa shape index (κ3) is 5.72. The van der Waals surface area contributed by atoms with Gasteiger partial charge in [-0.25, -0.2) is 0 Å². The number of primary amides is 1. The van der Waals surface area contributed by atoms with E-state index in [1.807, 2.05) is 24.3 Å². The number of likely N-dealkylation sites (N-methyl/N-ethyl adjacent to an activating group) is 1. The Bertz CT molecular complexity index is 620. The topological polar surface area (TPSA) is 96.1 Å². The molecule has 2 amide bonds. The van der Waals surface area contributed by atoms with Crippen LogP contribution in [0.25, 0.3) is 0 Å². The van der Waals surface area contributed by atoms with Gasteiger partial charge < -0.3 is 20.5 Å². The first kappa shape index (κ1) is 19.2. The Morgan fingerprint density at radius 2 is 2.08 bits per heavy atom. The summed E-state index contributed by atoms with van der Waals surface area (Å²) in [7, 11) is 3.37. The zero-order chi connectivity index (χ0) is 18.4. The van der Waals surface area contributed by atoms with E-state index in [1.165, 1.54) is 4.90 Å². The lowest BCUT2D eigenvalue weighted by Gasteiger charge is -2.38. The summed E-state index contributed by atoms with van der Waals surface area (Å²) < 4.78 is 5.66. The second kappa shape index (κ2) is 8.31. The van der Waals surface area contributed by atoms with Gasteiger partial charge in [0.25, 0.3) is 5.91 Å². The minimum Gasteiger partial charge on any atom is -0.483 e. The molecule has 1 aliphatic heterocycles. The van der Waals surface area contributed by atoms with Crippen LogP contribution in [0.5, 0.6) is 5.75 Å². The Balaban J connectivity index is 2.02. The fourth-order valence-corrected chi connectivity index (χ4v) is 3.09. The van der Waals surface area contributed by atoms with Gasteiger partial charge in [-0.2, -0.15) is 0 Å². The second-order valence-electron chi connectivity index (χ2n) is 6.87. The molecule has 0 aromatic heterocycles. The summed E-state index contributed by atoms with van der Waals surface area (Å²) in [5, 5.41) is 10.6. The van der Waals surface area contributed by atoms with Crippen molar-refractivity contribution < 1.29 is 19.4 Å². The molecule has 0 radical (unpaired) electrons. The van der Waals surface area contributed by atoms with Crippen LogP contribution in [0.15, 0.2) is 24.3 Å². The number of nitrogens with zero attached hydrogens (tertiary/aromatic N) is 2. The molecule has 0 bridgehead atoms. The number of benzene rings is 1. The highest BCUT2D eigenvalue weighted by molar-refractivity contribution is 5.77. The summed E-state index contributed by atoms with van der Waals surface area (Å²) in [6.45, 7) is 1.77. The molecule has 1 unspecified atom stereocenters. The average molecular weight is 349 g/mol. The van der Waals surface area contributed by atoms with Crippen LogP contribution >= 0.6 is 0 Å². The molecule has 1 atom stereocenters. The first-order chi connectivity index (χ1) is 11.8. The molecule has 1 aromatic carbocycles. The first-order valence-corrected chi connectivity index (χ1v) is 8.43. The monoisotopic (exact) mass is 349 g/mol. The Kier molecular flexibility index (Phi) is 6.39. The van der Waals surface area contributed by atoms with Gasteiger partial charge in [-0.15, -0.1) is 0 Å². The van der Waals surface area contributed by atoms with Gasteiger partial charge in [0.1, 0.15) is 5.75 Å². The molecule has 1 saturated heterocycles. The van der Waals surface area contributed by atoms with E-state index in [2.05, 4.69) is 4.90 Å². The number of aliphatic hydroxyl groups is 1. The van der Waals surface area contributed by atoms with E-state index in [0.29, 0.717) is 25.3 Å². The molecule has 3 N–H and O–H groups in total. The van der Waals surface area contributed by atoms with Crippen molar-refractivity contribution >= 4 is 11.8 Å². The molecule has 25 heavy (non-hydrogen) atoms. The van der Waals surface area contributed by atoms with E-state index in [4.69, 9.17) is 10.5 Å². The van der Waals surface area contributed by atoms with Crippen molar-refractivity contribution in [2.45, 2.75) is 31.4 Å². The molecule has 138 valence electrons. The van der Waals surface area contributed by atoms with E-state index < -0.39 is 11.5 Å². The van der Waals surface area contributed by atoms with Gasteiger partial charge in [0, 0.05) is 32.7 Å². The minimum absolute atomic E-state index is 0.0182. The lowest BCUT2D eigenvalue weighted by molar-refractivity contribution is -0.130. The Hall–Kier alpha value is -2.12. The van der Waals surface area contributed by atoms with Gasteiger partial charge >= 0.3 is 0 Å². The molecule has 0 aliphatic carbocycles. The third-order valence-electron chi connectivity index (χ3n) is 4.35. The number of ether oxygens (including phenoxy) is 1. The number of amides is 2. The second-order valence-corrected chi connectivity index (χ2v) is 6.87. The normalized spacial score (nSPS) is 20.9. The molecule has 1 fully saturated rings. The van der Waals surface area contributed by atoms with Crippen LogP contribution in [0.1, 0.15) is 24.8 Å². The van der Waals surface area contributed by atoms with Crippen LogP contribution in [0, 0.1) is 0 Å². The predicted molar refractivity (Wildman–Crippen MR) is 93.9 cm³/mol. The molecular formula is C18H27N3O4. The maximum Gasteiger partial charge on any atom is 0.259 e. The Morgan fingerprint density at radius 1 is 1.36 bits per heavy atom. The molecule has 7 nitrogen and oxygen atoms in total. The average Bonchev–Trinajstić information content (AvgIpc) is 2.52. The predicted octanol–water partition coefficient (Wildman–Crippen LogP) is 0.356. The molecule has 1 aromatic rings. The summed E-state index contributed by atoms with van der Waals surface area (Å²) >= 11 is 0. The van der Waals surface area contributed by atoms with E-state index >= 15 is 0 Å². The molecule has 7 heteroatoms. The van der Waals surface area contributed by atoms with Gasteiger partial charge in [-0.05, 0) is 25.5 Å². The quantitative estimate of drug-likeness (QED) is 0.741. The first-order valence-electron chi connectivity index (χ1n) is 8.43. The number of likely N-dealkylation sites (tertiary alicyclic amines) is 1. The van der Waals surface area contributed by atoms with E-state index in [0.717, 1.165) is 18.5 Å². The third-order valence-corrected chi connectivity index (χ3v) is 4.35. The van der Waals surface area contributed by atoms with Crippen LogP contribution in [0.2, 0.25) is 0 Å². The number of piperidine rings is 1. The number of hydrogen-bond donors (Lipinski definition) is 2. The Morgan fingerprint density at radius 3 is 2.76 bits per heavy atom. The summed E-state index contributed by atoms with van der Waals surface area (Å²) in [5.74, 6) is 0.0561. The molecule has 0 spiro atoms. The smallest absolute Gasteiger partial charge is 0.259 e. The van der Waals surface area contributed by atoms with Crippen molar-refractivity contribution in [3.05, 3.63) is 29.8 Å². The molecule has 1 aliphatic rings. The van der Waals surface area contributed by atoms with Gasteiger partial charge in [0.15, 0.2) is 6.61 Å². The van der Waals surface area contributed by atoms with Gasteiger partial charge in [-0.3, -0.25) is 14.5 Å². The van der Waals surface area contributed by atoms with Crippen molar-refractivity contribution in [1.82, 2.24) is 9.80 Å². The zero-order valence-electron chi connectivity index (χ0n) is 14.9. The number of carbonyl (C=O) groups excluding carboxylic acids is 2. The highest BCUT2D eigenvalue weighted by Crippen LogP contribution is 2.27. The lowest BCUT2D eigenvalue weighted by atomic mass is 9.89. The van der Waals surface area contributed by atoms with Gasteiger partial charge in [0.05, 0.1) is 12.0 Å². The number of para-hydroxylation sites is 1. The number of carbonyl (C=O) groups is 2. The molecule has 1 heterocycles. The van der Waals surface area contributed by atoms with Crippen molar-refractivity contribution in [1.29, 1.82) is 0 Å². The number of hydrogen-bond acceptors (Lipinski definition) is 5. The van der Waals surface area contributed by atoms with Crippen molar-refractivity contribution in [3.8, 4) is 5.75 Å². The highest BCUT2D eigenvalue weighted by Gasteiger charge is 2.34. The number of rotatable bonds is 7. The Labute approximate surface area is 148 Å². The molecule has 0 saturated carbocycles. The summed E-state index contributed by atoms with van der Waals surface area (Å²) in [4.78, 5) is 26.5. The van der Waals surface area contributed by atoms with Crippen LogP contribution in [-0.2, 0) is 16.1 Å². The fraction of sp³-hybridized carbons (Fsp3) is 0.556. The summed E-state index contributed by atoms with van der Waals surface area (Å²) in [5.41, 5.74) is 5.12. The lowest BCUT2D eigenvalue weighted by Crippen LogP contribution is -2.49. The van der Waals surface area contributed by atoms with Gasteiger partial charge in [-0.1, -0.05) is 18.2 Å². The van der Waals surface area contributed by atoms with Crippen molar-refractivity contribution in [3.63, 3.8) is 0 Å². The van der Waals surface area contributed by atoms with E-state index in [9.17, 15) is 14.7 Å². The minimum atomic E-state index is -1.07. The maximum absolute atomic E-state index is 11.7. The van der Waals surface area contributed by atoms with Gasteiger partial charge in [0.2, 0.25) is 5.91 Å². The van der Waals surface area contributed by atoms with Crippen molar-refractivity contribution in [2.75, 3.05) is 33.8 Å². The van der Waals surface area contributed by atoms with E-state index in [1.54, 1.807) is 14.1 Å². The standard InChI is InChI=1S/C18H27N3O4/c1-20(2)17(23)12-25-15-7-4-3-6-14(15)11-21-9-5-8-18(24,13-21)10-16(19)22/h3-4,6-7,24H,5,8-13H2,1-2H3,(H2,19,22). The number of nitrogens with two attached hydrogens (primary N) is 1. The zero-order valence-corrected chi connectivity index (χ0v) is 14.9. The number of β-amino-alcohol motifs (C(OH)–C–C–N with tert-alkyl or cyclic N) is 1. The van der Waals surface area contributed by atoms with Crippen LogP contribution in [0.4, 0.5) is 0 Å². The molecular weight excluding hydrogens is 322 g/mol. The van der Waals surface area contributed by atoms with Crippen LogP contribution in [-0.4, -0.2) is 66.1 Å². The fourth-order valence-electron chi connectivity index (χ4n) is 3.09. The van der Waals surface area contributed by atoms with E-state index in [-0.39, 0.29) is 18.9 Å².